The first kappa shape index (κ1) is 14.3. The van der Waals surface area contributed by atoms with Gasteiger partial charge in [0, 0.05) is 11.6 Å². The number of rotatable bonds is 5. The molecule has 106 valence electrons. The van der Waals surface area contributed by atoms with Crippen molar-refractivity contribution in [1.29, 1.82) is 0 Å². The second-order valence-electron chi connectivity index (χ2n) is 3.61. The smallest absolute Gasteiger partial charge is 0.335 e. The number of benzene rings is 1. The van der Waals surface area contributed by atoms with Gasteiger partial charge in [-0.1, -0.05) is 0 Å². The Labute approximate surface area is 118 Å². The fraction of sp³-hybridized carbons (Fsp3) is 0.0909. The Balaban J connectivity index is 2.48. The standard InChI is InChI=1S/C11H10N2O5S2/c1-18-8-3-2-7(10(14)15)6-9(8)20(16,17)13-11-12-4-5-19-11/h2-6H,1H3,(H,12,13)(H,14,15). The third-order valence-electron chi connectivity index (χ3n) is 2.35. The molecule has 1 heterocycles. The van der Waals surface area contributed by atoms with Crippen LogP contribution in [-0.2, 0) is 10.0 Å². The van der Waals surface area contributed by atoms with Gasteiger partial charge in [0.2, 0.25) is 0 Å². The maximum atomic E-state index is 12.2. The molecule has 0 amide bonds. The Morgan fingerprint density at radius 1 is 1.45 bits per heavy atom. The molecule has 0 aliphatic heterocycles. The highest BCUT2D eigenvalue weighted by Gasteiger charge is 2.22. The number of carbonyl (C=O) groups is 1. The van der Waals surface area contributed by atoms with Crippen LogP contribution in [0.3, 0.4) is 0 Å². The fourth-order valence-electron chi connectivity index (χ4n) is 1.46. The van der Waals surface area contributed by atoms with Crippen LogP contribution in [-0.4, -0.2) is 31.6 Å². The molecular weight excluding hydrogens is 304 g/mol. The minimum absolute atomic E-state index is 0.0547. The number of carboxylic acids is 1. The van der Waals surface area contributed by atoms with Gasteiger partial charge in [0.15, 0.2) is 5.13 Å². The average Bonchev–Trinajstić information content (AvgIpc) is 2.90. The van der Waals surface area contributed by atoms with E-state index in [1.54, 1.807) is 5.38 Å². The zero-order valence-corrected chi connectivity index (χ0v) is 11.9. The lowest BCUT2D eigenvalue weighted by Crippen LogP contribution is -2.14. The van der Waals surface area contributed by atoms with Crippen molar-refractivity contribution in [3.8, 4) is 5.75 Å². The number of nitrogens with one attached hydrogen (secondary N) is 1. The molecule has 9 heteroatoms. The van der Waals surface area contributed by atoms with E-state index in [0.29, 0.717) is 0 Å². The van der Waals surface area contributed by atoms with E-state index in [4.69, 9.17) is 9.84 Å². The van der Waals surface area contributed by atoms with Gasteiger partial charge in [0.1, 0.15) is 10.6 Å². The predicted octanol–water partition coefficient (Wildman–Crippen LogP) is 1.65. The molecule has 0 saturated carbocycles. The normalized spacial score (nSPS) is 11.1. The first-order valence-electron chi connectivity index (χ1n) is 5.27. The number of ether oxygens (including phenoxy) is 1. The van der Waals surface area contributed by atoms with E-state index < -0.39 is 16.0 Å². The SMILES string of the molecule is COc1ccc(C(=O)O)cc1S(=O)(=O)Nc1nccs1. The Morgan fingerprint density at radius 3 is 2.75 bits per heavy atom. The molecular formula is C11H10N2O5S2. The Kier molecular flexibility index (Phi) is 3.91. The molecule has 7 nitrogen and oxygen atoms in total. The van der Waals surface area contributed by atoms with E-state index in [1.807, 2.05) is 0 Å². The molecule has 0 aliphatic rings. The summed E-state index contributed by atoms with van der Waals surface area (Å²) in [5, 5.41) is 10.7. The summed E-state index contributed by atoms with van der Waals surface area (Å²) < 4.78 is 31.7. The molecule has 2 rings (SSSR count). The van der Waals surface area contributed by atoms with Gasteiger partial charge in [-0.25, -0.2) is 18.2 Å². The molecule has 20 heavy (non-hydrogen) atoms. The molecule has 0 saturated heterocycles. The van der Waals surface area contributed by atoms with E-state index in [0.717, 1.165) is 17.4 Å². The van der Waals surface area contributed by atoms with Crippen LogP contribution < -0.4 is 9.46 Å². The highest BCUT2D eigenvalue weighted by molar-refractivity contribution is 7.93. The topological polar surface area (TPSA) is 106 Å². The molecule has 0 fully saturated rings. The maximum absolute atomic E-state index is 12.2. The van der Waals surface area contributed by atoms with Crippen molar-refractivity contribution in [2.75, 3.05) is 11.8 Å². The van der Waals surface area contributed by atoms with Crippen LogP contribution >= 0.6 is 11.3 Å². The zero-order chi connectivity index (χ0) is 14.8. The minimum Gasteiger partial charge on any atom is -0.495 e. The van der Waals surface area contributed by atoms with E-state index in [1.165, 1.54) is 25.4 Å². The minimum atomic E-state index is -3.97. The second-order valence-corrected chi connectivity index (χ2v) is 6.16. The Hall–Kier alpha value is -2.13. The van der Waals surface area contributed by atoms with Gasteiger partial charge in [-0.05, 0) is 18.2 Å². The van der Waals surface area contributed by atoms with Gasteiger partial charge < -0.3 is 9.84 Å². The van der Waals surface area contributed by atoms with E-state index >= 15 is 0 Å². The van der Waals surface area contributed by atoms with Crippen molar-refractivity contribution in [2.24, 2.45) is 0 Å². The monoisotopic (exact) mass is 314 g/mol. The van der Waals surface area contributed by atoms with Crippen LogP contribution in [0.1, 0.15) is 10.4 Å². The molecule has 0 atom stereocenters. The summed E-state index contributed by atoms with van der Waals surface area (Å²) in [6.45, 7) is 0. The molecule has 2 N–H and O–H groups in total. The van der Waals surface area contributed by atoms with Crippen LogP contribution in [0.15, 0.2) is 34.7 Å². The van der Waals surface area contributed by atoms with Crippen LogP contribution in [0.5, 0.6) is 5.75 Å². The van der Waals surface area contributed by atoms with E-state index in [9.17, 15) is 13.2 Å². The number of anilines is 1. The predicted molar refractivity (Wildman–Crippen MR) is 72.9 cm³/mol. The first-order valence-corrected chi connectivity index (χ1v) is 7.64. The lowest BCUT2D eigenvalue weighted by atomic mass is 10.2. The molecule has 0 spiro atoms. The second kappa shape index (κ2) is 5.47. The number of nitrogens with zero attached hydrogens (tertiary/aromatic N) is 1. The number of aromatic nitrogens is 1. The van der Waals surface area contributed by atoms with Gasteiger partial charge in [-0.2, -0.15) is 0 Å². The van der Waals surface area contributed by atoms with E-state index in [2.05, 4.69) is 9.71 Å². The number of hydrogen-bond acceptors (Lipinski definition) is 6. The average molecular weight is 314 g/mol. The largest absolute Gasteiger partial charge is 0.495 e. The molecule has 0 radical (unpaired) electrons. The van der Waals surface area contributed by atoms with Gasteiger partial charge in [0.05, 0.1) is 12.7 Å². The third kappa shape index (κ3) is 2.89. The lowest BCUT2D eigenvalue weighted by molar-refractivity contribution is 0.0696. The summed E-state index contributed by atoms with van der Waals surface area (Å²) in [4.78, 5) is 14.5. The number of hydrogen-bond donors (Lipinski definition) is 2. The van der Waals surface area contributed by atoms with Gasteiger partial charge >= 0.3 is 5.97 Å². The number of aromatic carboxylic acids is 1. The van der Waals surface area contributed by atoms with Crippen LogP contribution in [0.2, 0.25) is 0 Å². The Morgan fingerprint density at radius 2 is 2.20 bits per heavy atom. The highest BCUT2D eigenvalue weighted by Crippen LogP contribution is 2.27. The summed E-state index contributed by atoms with van der Waals surface area (Å²) in [6, 6.07) is 3.60. The lowest BCUT2D eigenvalue weighted by Gasteiger charge is -2.10. The quantitative estimate of drug-likeness (QED) is 0.869. The molecule has 0 unspecified atom stereocenters. The summed E-state index contributed by atoms with van der Waals surface area (Å²) in [7, 11) is -2.67. The molecule has 2 aromatic rings. The summed E-state index contributed by atoms with van der Waals surface area (Å²) in [6.07, 6.45) is 1.45. The number of carboxylic acid groups (broad SMARTS) is 1. The van der Waals surface area contributed by atoms with E-state index in [-0.39, 0.29) is 21.3 Å². The van der Waals surface area contributed by atoms with Crippen molar-refractivity contribution in [2.45, 2.75) is 4.90 Å². The molecule has 1 aromatic heterocycles. The Bertz CT molecular complexity index is 725. The highest BCUT2D eigenvalue weighted by atomic mass is 32.2. The maximum Gasteiger partial charge on any atom is 0.335 e. The number of methoxy groups -OCH3 is 1. The number of thiazole rings is 1. The van der Waals surface area contributed by atoms with Crippen molar-refractivity contribution >= 4 is 32.5 Å². The molecule has 0 bridgehead atoms. The van der Waals surface area contributed by atoms with Crippen LogP contribution in [0.4, 0.5) is 5.13 Å². The van der Waals surface area contributed by atoms with Crippen molar-refractivity contribution in [3.05, 3.63) is 35.3 Å². The van der Waals surface area contributed by atoms with Crippen LogP contribution in [0, 0.1) is 0 Å². The van der Waals surface area contributed by atoms with Gasteiger partial charge in [0.25, 0.3) is 10.0 Å². The molecule has 0 aliphatic carbocycles. The van der Waals surface area contributed by atoms with Crippen LogP contribution in [0.25, 0.3) is 0 Å². The first-order chi connectivity index (χ1) is 9.44. The van der Waals surface area contributed by atoms with Crippen molar-refractivity contribution < 1.29 is 23.1 Å². The van der Waals surface area contributed by atoms with Gasteiger partial charge in [-0.15, -0.1) is 11.3 Å². The summed E-state index contributed by atoms with van der Waals surface area (Å²) in [5.41, 5.74) is -0.148. The summed E-state index contributed by atoms with van der Waals surface area (Å²) in [5.74, 6) is -1.17. The summed E-state index contributed by atoms with van der Waals surface area (Å²) >= 11 is 1.11. The third-order valence-corrected chi connectivity index (χ3v) is 4.53. The fourth-order valence-corrected chi connectivity index (χ4v) is 3.45. The van der Waals surface area contributed by atoms with Crippen molar-refractivity contribution in [3.63, 3.8) is 0 Å². The van der Waals surface area contributed by atoms with Crippen molar-refractivity contribution in [1.82, 2.24) is 4.98 Å². The van der Waals surface area contributed by atoms with Gasteiger partial charge in [-0.3, -0.25) is 4.72 Å². The zero-order valence-electron chi connectivity index (χ0n) is 10.2. The molecule has 1 aromatic carbocycles. The number of sulfonamides is 1.